The van der Waals surface area contributed by atoms with E-state index in [1.807, 2.05) is 0 Å². The van der Waals surface area contributed by atoms with Gasteiger partial charge in [0.05, 0.1) is 37.7 Å². The van der Waals surface area contributed by atoms with Crippen molar-refractivity contribution in [1.82, 2.24) is 9.97 Å². The van der Waals surface area contributed by atoms with E-state index < -0.39 is 12.6 Å². The molecule has 1 rings (SSSR count). The average molecular weight is 221 g/mol. The predicted molar refractivity (Wildman–Crippen MR) is 46.8 cm³/mol. The van der Waals surface area contributed by atoms with Crippen LogP contribution in [0.25, 0.3) is 0 Å². The van der Waals surface area contributed by atoms with Crippen LogP contribution in [0.3, 0.4) is 0 Å². The molecular formula is C8H10F3N3O. The third kappa shape index (κ3) is 5.16. The molecule has 0 bridgehead atoms. The summed E-state index contributed by atoms with van der Waals surface area (Å²) >= 11 is 0. The molecule has 0 atom stereocenters. The van der Waals surface area contributed by atoms with Crippen LogP contribution in [0.5, 0.6) is 0 Å². The van der Waals surface area contributed by atoms with Gasteiger partial charge in [-0.1, -0.05) is 0 Å². The number of halogens is 3. The average Bonchev–Trinajstić information content (AvgIpc) is 2.14. The van der Waals surface area contributed by atoms with Gasteiger partial charge >= 0.3 is 6.18 Å². The molecule has 2 N–H and O–H groups in total. The summed E-state index contributed by atoms with van der Waals surface area (Å²) in [4.78, 5) is 7.54. The molecule has 4 nitrogen and oxygen atoms in total. The van der Waals surface area contributed by atoms with Crippen LogP contribution in [-0.4, -0.2) is 22.8 Å². The summed E-state index contributed by atoms with van der Waals surface area (Å²) in [5.74, 6) is 0.258. The standard InChI is InChI=1S/C8H10F3N3O/c9-8(10,11)1-2-15-5-6-3-14-7(12)4-13-6/h3-4H,1-2,5H2,(H2,12,14). The molecule has 15 heavy (non-hydrogen) atoms. The van der Waals surface area contributed by atoms with Crippen LogP contribution >= 0.6 is 0 Å². The summed E-state index contributed by atoms with van der Waals surface area (Å²) in [5.41, 5.74) is 5.73. The molecule has 1 heterocycles. The lowest BCUT2D eigenvalue weighted by molar-refractivity contribution is -0.146. The van der Waals surface area contributed by atoms with Gasteiger partial charge in [0.25, 0.3) is 0 Å². The highest BCUT2D eigenvalue weighted by atomic mass is 19.4. The van der Waals surface area contributed by atoms with Gasteiger partial charge in [0.1, 0.15) is 5.82 Å². The third-order valence-corrected chi connectivity index (χ3v) is 1.51. The number of anilines is 1. The van der Waals surface area contributed by atoms with E-state index in [-0.39, 0.29) is 19.0 Å². The highest BCUT2D eigenvalue weighted by Crippen LogP contribution is 2.19. The maximum atomic E-state index is 11.7. The van der Waals surface area contributed by atoms with Crippen molar-refractivity contribution >= 4 is 5.82 Å². The fourth-order valence-corrected chi connectivity index (χ4v) is 0.804. The number of ether oxygens (including phenoxy) is 1. The lowest BCUT2D eigenvalue weighted by atomic mass is 10.4. The zero-order valence-corrected chi connectivity index (χ0v) is 7.79. The number of nitrogens with zero attached hydrogens (tertiary/aromatic N) is 2. The molecule has 0 saturated heterocycles. The van der Waals surface area contributed by atoms with Crippen molar-refractivity contribution in [1.29, 1.82) is 0 Å². The molecule has 0 radical (unpaired) electrons. The van der Waals surface area contributed by atoms with Crippen LogP contribution in [0.4, 0.5) is 19.0 Å². The number of hydrogen-bond acceptors (Lipinski definition) is 4. The molecule has 0 unspecified atom stereocenters. The van der Waals surface area contributed by atoms with Crippen molar-refractivity contribution in [3.05, 3.63) is 18.1 Å². The summed E-state index contributed by atoms with van der Waals surface area (Å²) < 4.78 is 39.9. The van der Waals surface area contributed by atoms with Crippen LogP contribution in [0.15, 0.2) is 12.4 Å². The van der Waals surface area contributed by atoms with E-state index in [0.717, 1.165) is 0 Å². The molecule has 0 fully saturated rings. The Hall–Kier alpha value is -1.37. The van der Waals surface area contributed by atoms with Gasteiger partial charge < -0.3 is 10.5 Å². The third-order valence-electron chi connectivity index (χ3n) is 1.51. The summed E-state index contributed by atoms with van der Waals surface area (Å²) in [6.07, 6.45) is -2.46. The fraction of sp³-hybridized carbons (Fsp3) is 0.500. The Morgan fingerprint density at radius 3 is 2.53 bits per heavy atom. The van der Waals surface area contributed by atoms with Crippen molar-refractivity contribution in [2.24, 2.45) is 0 Å². The van der Waals surface area contributed by atoms with E-state index in [4.69, 9.17) is 10.5 Å². The second kappa shape index (κ2) is 4.92. The molecule has 1 aromatic heterocycles. The molecule has 0 amide bonds. The van der Waals surface area contributed by atoms with Gasteiger partial charge in [-0.25, -0.2) is 4.98 Å². The summed E-state index contributed by atoms with van der Waals surface area (Å²) in [6, 6.07) is 0. The van der Waals surface area contributed by atoms with E-state index in [9.17, 15) is 13.2 Å². The molecule has 0 aliphatic carbocycles. The number of nitrogen functional groups attached to an aromatic ring is 1. The van der Waals surface area contributed by atoms with Gasteiger partial charge in [-0.05, 0) is 0 Å². The monoisotopic (exact) mass is 221 g/mol. The second-order valence-electron chi connectivity index (χ2n) is 2.85. The van der Waals surface area contributed by atoms with Crippen LogP contribution in [0.2, 0.25) is 0 Å². The van der Waals surface area contributed by atoms with Gasteiger partial charge in [0, 0.05) is 0 Å². The molecule has 0 aliphatic heterocycles. The summed E-state index contributed by atoms with van der Waals surface area (Å²) in [6.45, 7) is -0.376. The lowest BCUT2D eigenvalue weighted by Crippen LogP contribution is -2.11. The Balaban J connectivity index is 2.23. The smallest absolute Gasteiger partial charge is 0.382 e. The molecule has 84 valence electrons. The molecule has 0 saturated carbocycles. The maximum absolute atomic E-state index is 11.7. The maximum Gasteiger partial charge on any atom is 0.391 e. The van der Waals surface area contributed by atoms with Crippen LogP contribution in [0.1, 0.15) is 12.1 Å². The molecule has 0 aliphatic rings. The van der Waals surface area contributed by atoms with Gasteiger partial charge in [0.2, 0.25) is 0 Å². The van der Waals surface area contributed by atoms with E-state index >= 15 is 0 Å². The van der Waals surface area contributed by atoms with Crippen LogP contribution < -0.4 is 5.73 Å². The van der Waals surface area contributed by atoms with Gasteiger partial charge in [0.15, 0.2) is 0 Å². The molecule has 7 heteroatoms. The Morgan fingerprint density at radius 2 is 2.00 bits per heavy atom. The minimum absolute atomic E-state index is 0.00333. The first-order valence-electron chi connectivity index (χ1n) is 4.18. The first-order chi connectivity index (χ1) is 6.97. The normalized spacial score (nSPS) is 11.7. The fourth-order valence-electron chi connectivity index (χ4n) is 0.804. The van der Waals surface area contributed by atoms with Crippen molar-refractivity contribution in [3.8, 4) is 0 Å². The Kier molecular flexibility index (Phi) is 3.84. The number of aromatic nitrogens is 2. The zero-order chi connectivity index (χ0) is 11.3. The number of hydrogen-bond donors (Lipinski definition) is 1. The van der Waals surface area contributed by atoms with E-state index in [1.54, 1.807) is 0 Å². The minimum atomic E-state index is -4.19. The van der Waals surface area contributed by atoms with E-state index in [0.29, 0.717) is 5.69 Å². The minimum Gasteiger partial charge on any atom is -0.382 e. The molecule has 1 aromatic rings. The van der Waals surface area contributed by atoms with Crippen molar-refractivity contribution < 1.29 is 17.9 Å². The topological polar surface area (TPSA) is 61.0 Å². The van der Waals surface area contributed by atoms with Gasteiger partial charge in [-0.2, -0.15) is 13.2 Å². The predicted octanol–water partition coefficient (Wildman–Crippen LogP) is 1.53. The summed E-state index contributed by atoms with van der Waals surface area (Å²) in [7, 11) is 0. The Bertz CT molecular complexity index is 299. The molecular weight excluding hydrogens is 211 g/mol. The quantitative estimate of drug-likeness (QED) is 0.783. The number of rotatable bonds is 4. The van der Waals surface area contributed by atoms with E-state index in [1.165, 1.54) is 12.4 Å². The highest BCUT2D eigenvalue weighted by Gasteiger charge is 2.26. The van der Waals surface area contributed by atoms with Gasteiger partial charge in [-0.15, -0.1) is 0 Å². The lowest BCUT2D eigenvalue weighted by Gasteiger charge is -2.06. The SMILES string of the molecule is Nc1cnc(COCCC(F)(F)F)cn1. The molecule has 0 aromatic carbocycles. The van der Waals surface area contributed by atoms with Crippen molar-refractivity contribution in [2.45, 2.75) is 19.2 Å². The first-order valence-corrected chi connectivity index (χ1v) is 4.18. The van der Waals surface area contributed by atoms with E-state index in [2.05, 4.69) is 9.97 Å². The Labute approximate surface area is 84.3 Å². The summed E-state index contributed by atoms with van der Waals surface area (Å²) in [5, 5.41) is 0. The van der Waals surface area contributed by atoms with Crippen molar-refractivity contribution in [2.75, 3.05) is 12.3 Å². The number of nitrogens with two attached hydrogens (primary N) is 1. The van der Waals surface area contributed by atoms with Crippen molar-refractivity contribution in [3.63, 3.8) is 0 Å². The Morgan fingerprint density at radius 1 is 1.27 bits per heavy atom. The largest absolute Gasteiger partial charge is 0.391 e. The molecule has 0 spiro atoms. The first kappa shape index (κ1) is 11.7. The van der Waals surface area contributed by atoms with Gasteiger partial charge in [-0.3, -0.25) is 4.98 Å². The highest BCUT2D eigenvalue weighted by molar-refractivity contribution is 5.22. The second-order valence-corrected chi connectivity index (χ2v) is 2.85. The number of alkyl halides is 3. The van der Waals surface area contributed by atoms with Crippen LogP contribution in [-0.2, 0) is 11.3 Å². The van der Waals surface area contributed by atoms with Crippen LogP contribution in [0, 0.1) is 0 Å². The zero-order valence-electron chi connectivity index (χ0n) is 7.79.